The zero-order chi connectivity index (χ0) is 14.4. The molecule has 0 bridgehead atoms. The van der Waals surface area contributed by atoms with Crippen LogP contribution in [0.5, 0.6) is 5.75 Å². The Balaban J connectivity index is 0.00000220. The van der Waals surface area contributed by atoms with E-state index in [1.807, 2.05) is 54.6 Å². The molecule has 3 nitrogen and oxygen atoms in total. The zero-order valence-corrected chi connectivity index (χ0v) is 11.2. The summed E-state index contributed by atoms with van der Waals surface area (Å²) in [6, 6.07) is 17.3. The number of hydrogen-bond acceptors (Lipinski definition) is 2. The maximum absolute atomic E-state index is 10.7. The number of hydrogen-bond donors (Lipinski definition) is 1. The second-order valence-electron chi connectivity index (χ2n) is 4.48. The quantitative estimate of drug-likeness (QED) is 0.839. The Kier molecular flexibility index (Phi) is 8.11. The van der Waals surface area contributed by atoms with Gasteiger partial charge in [-0.15, -0.1) is 0 Å². The molecular weight excluding hydrogens is 338 g/mol. The van der Waals surface area contributed by atoms with Crippen LogP contribution in [0.15, 0.2) is 60.2 Å². The fourth-order valence-electron chi connectivity index (χ4n) is 1.71. The molecule has 0 aromatic heterocycles. The van der Waals surface area contributed by atoms with Crippen molar-refractivity contribution in [2.45, 2.75) is 13.5 Å². The molecule has 0 aliphatic rings. The summed E-state index contributed by atoms with van der Waals surface area (Å²) < 4.78 is 5.66. The van der Waals surface area contributed by atoms with Crippen molar-refractivity contribution in [1.82, 2.24) is 0 Å². The van der Waals surface area contributed by atoms with Gasteiger partial charge in [0.1, 0.15) is 12.4 Å². The number of carboxylic acid groups (broad SMARTS) is 1. The number of benzene rings is 2. The molecule has 0 fully saturated rings. The second-order valence-corrected chi connectivity index (χ2v) is 4.48. The molecule has 2 aromatic carbocycles. The molecule has 0 heterocycles. The van der Waals surface area contributed by atoms with Crippen LogP contribution in [-0.2, 0) is 11.4 Å². The molecule has 0 saturated heterocycles. The van der Waals surface area contributed by atoms with Crippen molar-refractivity contribution in [2.75, 3.05) is 0 Å². The van der Waals surface area contributed by atoms with Gasteiger partial charge in [-0.05, 0) is 36.3 Å². The van der Waals surface area contributed by atoms with Gasteiger partial charge < -0.3 is 9.84 Å². The first-order valence-corrected chi connectivity index (χ1v) is 6.33. The van der Waals surface area contributed by atoms with E-state index in [9.17, 15) is 4.79 Å². The molecule has 0 unspecified atom stereocenters. The molecule has 21 heavy (non-hydrogen) atoms. The first-order valence-electron chi connectivity index (χ1n) is 6.33. The third-order valence-corrected chi connectivity index (χ3v) is 2.85. The third kappa shape index (κ3) is 6.26. The van der Waals surface area contributed by atoms with Crippen LogP contribution in [0.25, 0.3) is 6.08 Å². The fraction of sp³-hybridized carbons (Fsp3) is 0.118. The van der Waals surface area contributed by atoms with E-state index in [-0.39, 0.29) is 58.2 Å². The van der Waals surface area contributed by atoms with E-state index in [2.05, 4.69) is 0 Å². The Morgan fingerprint density at radius 3 is 2.29 bits per heavy atom. The van der Waals surface area contributed by atoms with E-state index in [0.717, 1.165) is 16.9 Å². The van der Waals surface area contributed by atoms with Crippen LogP contribution in [0, 0.1) is 0 Å². The van der Waals surface area contributed by atoms with Crippen molar-refractivity contribution in [2.24, 2.45) is 0 Å². The number of rotatable bonds is 5. The topological polar surface area (TPSA) is 46.5 Å². The van der Waals surface area contributed by atoms with Crippen molar-refractivity contribution in [3.05, 3.63) is 71.3 Å². The standard InChI is InChI=1S/C17H16O3.Rb.H/c1-13(17(18)19)11-14-7-9-16(10-8-14)20-12-15-5-3-2-4-6-15;;/h2-11H,12H2,1H3,(H,18,19);;. The van der Waals surface area contributed by atoms with Crippen molar-refractivity contribution in [3.8, 4) is 5.75 Å². The molecular formula is C17H17O3Rb. The SMILES string of the molecule is CC(=Cc1ccc(OCc2ccccc2)cc1)C(=O)O.[RbH]. The van der Waals surface area contributed by atoms with E-state index < -0.39 is 5.97 Å². The molecule has 0 amide bonds. The molecule has 0 spiro atoms. The summed E-state index contributed by atoms with van der Waals surface area (Å²) in [5.41, 5.74) is 2.26. The van der Waals surface area contributed by atoms with Gasteiger partial charge >= 0.3 is 64.2 Å². The van der Waals surface area contributed by atoms with Gasteiger partial charge in [-0.3, -0.25) is 0 Å². The Morgan fingerprint density at radius 1 is 1.10 bits per heavy atom. The minimum atomic E-state index is -0.908. The Morgan fingerprint density at radius 2 is 1.71 bits per heavy atom. The summed E-state index contributed by atoms with van der Waals surface area (Å²) in [4.78, 5) is 10.7. The number of carboxylic acids is 1. The van der Waals surface area contributed by atoms with Crippen LogP contribution < -0.4 is 4.74 Å². The maximum atomic E-state index is 10.7. The third-order valence-electron chi connectivity index (χ3n) is 2.85. The van der Waals surface area contributed by atoms with Gasteiger partial charge in [-0.2, -0.15) is 0 Å². The van der Waals surface area contributed by atoms with E-state index in [1.54, 1.807) is 13.0 Å². The first-order chi connectivity index (χ1) is 9.65. The molecule has 0 radical (unpaired) electrons. The van der Waals surface area contributed by atoms with Gasteiger partial charge in [0, 0.05) is 5.57 Å². The minimum absolute atomic E-state index is 0. The van der Waals surface area contributed by atoms with Crippen LogP contribution in [0.2, 0.25) is 0 Å². The summed E-state index contributed by atoms with van der Waals surface area (Å²) in [7, 11) is 0. The van der Waals surface area contributed by atoms with E-state index >= 15 is 0 Å². The van der Waals surface area contributed by atoms with Crippen LogP contribution >= 0.6 is 0 Å². The van der Waals surface area contributed by atoms with Gasteiger partial charge in [-0.1, -0.05) is 42.5 Å². The Bertz CT molecular complexity index is 604. The molecule has 104 valence electrons. The molecule has 0 saturated carbocycles. The fourth-order valence-corrected chi connectivity index (χ4v) is 1.71. The molecule has 1 N–H and O–H groups in total. The molecule has 4 heteroatoms. The summed E-state index contributed by atoms with van der Waals surface area (Å²) in [6.45, 7) is 2.09. The van der Waals surface area contributed by atoms with Crippen molar-refractivity contribution in [1.29, 1.82) is 0 Å². The van der Waals surface area contributed by atoms with Crippen molar-refractivity contribution < 1.29 is 14.6 Å². The Labute approximate surface area is 173 Å². The monoisotopic (exact) mass is 354 g/mol. The van der Waals surface area contributed by atoms with Gasteiger partial charge in [-0.25, -0.2) is 4.79 Å². The van der Waals surface area contributed by atoms with Gasteiger partial charge in [0.25, 0.3) is 0 Å². The molecule has 0 aliphatic heterocycles. The zero-order valence-electron chi connectivity index (χ0n) is 11.2. The normalized spacial score (nSPS) is 10.6. The van der Waals surface area contributed by atoms with Gasteiger partial charge in [0.15, 0.2) is 0 Å². The number of carbonyl (C=O) groups is 1. The number of ether oxygens (including phenoxy) is 1. The predicted molar refractivity (Wildman–Crippen MR) is 85.7 cm³/mol. The summed E-state index contributed by atoms with van der Waals surface area (Å²) in [6.07, 6.45) is 1.63. The van der Waals surface area contributed by atoms with Crippen molar-refractivity contribution >= 4 is 70.2 Å². The average molecular weight is 355 g/mol. The summed E-state index contributed by atoms with van der Waals surface area (Å²) in [5, 5.41) is 8.82. The van der Waals surface area contributed by atoms with Crippen LogP contribution in [0.4, 0.5) is 0 Å². The molecule has 2 aromatic rings. The summed E-state index contributed by atoms with van der Waals surface area (Å²) in [5.74, 6) is -0.145. The van der Waals surface area contributed by atoms with Crippen molar-refractivity contribution in [3.63, 3.8) is 0 Å². The van der Waals surface area contributed by atoms with E-state index in [0.29, 0.717) is 12.2 Å². The first kappa shape index (κ1) is 18.3. The second kappa shape index (κ2) is 9.31. The molecule has 0 atom stereocenters. The van der Waals surface area contributed by atoms with E-state index in [1.165, 1.54) is 0 Å². The van der Waals surface area contributed by atoms with Crippen LogP contribution in [-0.4, -0.2) is 69.3 Å². The molecule has 2 rings (SSSR count). The van der Waals surface area contributed by atoms with E-state index in [4.69, 9.17) is 9.84 Å². The molecule has 0 aliphatic carbocycles. The predicted octanol–water partition coefficient (Wildman–Crippen LogP) is 3.11. The number of aliphatic carboxylic acids is 1. The summed E-state index contributed by atoms with van der Waals surface area (Å²) >= 11 is 0. The Hall–Kier alpha value is -0.745. The van der Waals surface area contributed by atoms with Gasteiger partial charge in [0.05, 0.1) is 0 Å². The van der Waals surface area contributed by atoms with Crippen LogP contribution in [0.1, 0.15) is 18.1 Å². The average Bonchev–Trinajstić information content (AvgIpc) is 2.47. The van der Waals surface area contributed by atoms with Crippen LogP contribution in [0.3, 0.4) is 0 Å². The van der Waals surface area contributed by atoms with Gasteiger partial charge in [0.2, 0.25) is 0 Å².